The Bertz CT molecular complexity index is 618. The van der Waals surface area contributed by atoms with Gasteiger partial charge in [-0.05, 0) is 31.4 Å². The molecule has 2 aromatic heterocycles. The topological polar surface area (TPSA) is 46.2 Å². The molecular formula is C11H15ClN4OS2. The molecule has 0 spiro atoms. The van der Waals surface area contributed by atoms with Crippen LogP contribution < -0.4 is 0 Å². The number of nitrogens with zero attached hydrogens (tertiary/aromatic N) is 4. The van der Waals surface area contributed by atoms with Gasteiger partial charge in [-0.2, -0.15) is 5.10 Å². The SMILES string of the molecule is CN(Cc1ccc(Cl)s1)Cn1nc(CO)n(C)c1=S. The van der Waals surface area contributed by atoms with Gasteiger partial charge < -0.3 is 9.67 Å². The Morgan fingerprint density at radius 1 is 1.53 bits per heavy atom. The van der Waals surface area contributed by atoms with Gasteiger partial charge in [-0.3, -0.25) is 4.90 Å². The lowest BCUT2D eigenvalue weighted by molar-refractivity contribution is 0.240. The minimum absolute atomic E-state index is 0.114. The summed E-state index contributed by atoms with van der Waals surface area (Å²) < 4.78 is 4.81. The van der Waals surface area contributed by atoms with Crippen LogP contribution in [0.1, 0.15) is 10.7 Å². The number of aliphatic hydroxyl groups excluding tert-OH is 1. The number of halogens is 1. The molecule has 0 aliphatic rings. The minimum atomic E-state index is -0.114. The van der Waals surface area contributed by atoms with Crippen molar-refractivity contribution in [2.24, 2.45) is 7.05 Å². The third-order valence-corrected chi connectivity index (χ3v) is 4.40. The molecule has 0 saturated heterocycles. The first-order chi connectivity index (χ1) is 9.01. The summed E-state index contributed by atoms with van der Waals surface area (Å²) in [5, 5.41) is 13.4. The van der Waals surface area contributed by atoms with Crippen LogP contribution in [0.5, 0.6) is 0 Å². The van der Waals surface area contributed by atoms with Crippen molar-refractivity contribution in [3.05, 3.63) is 31.9 Å². The van der Waals surface area contributed by atoms with E-state index in [4.69, 9.17) is 28.9 Å². The van der Waals surface area contributed by atoms with E-state index in [1.54, 1.807) is 27.6 Å². The second-order valence-electron chi connectivity index (χ2n) is 4.28. The van der Waals surface area contributed by atoms with E-state index in [9.17, 15) is 0 Å². The molecule has 5 nitrogen and oxygen atoms in total. The van der Waals surface area contributed by atoms with E-state index >= 15 is 0 Å². The van der Waals surface area contributed by atoms with Crippen LogP contribution in [0, 0.1) is 4.77 Å². The summed E-state index contributed by atoms with van der Waals surface area (Å²) in [6, 6.07) is 3.91. The largest absolute Gasteiger partial charge is 0.388 e. The van der Waals surface area contributed by atoms with Gasteiger partial charge in [-0.15, -0.1) is 11.3 Å². The minimum Gasteiger partial charge on any atom is -0.388 e. The zero-order valence-electron chi connectivity index (χ0n) is 10.7. The lowest BCUT2D eigenvalue weighted by Crippen LogP contribution is -2.22. The van der Waals surface area contributed by atoms with E-state index in [0.717, 1.165) is 10.9 Å². The smallest absolute Gasteiger partial charge is 0.198 e. The number of aliphatic hydroxyl groups is 1. The first-order valence-electron chi connectivity index (χ1n) is 5.67. The Balaban J connectivity index is 2.06. The van der Waals surface area contributed by atoms with Crippen LogP contribution in [0.4, 0.5) is 0 Å². The molecule has 0 unspecified atom stereocenters. The van der Waals surface area contributed by atoms with Crippen molar-refractivity contribution in [3.8, 4) is 0 Å². The van der Waals surface area contributed by atoms with Crippen molar-refractivity contribution >= 4 is 35.2 Å². The van der Waals surface area contributed by atoms with E-state index in [1.165, 1.54) is 4.88 Å². The highest BCUT2D eigenvalue weighted by Crippen LogP contribution is 2.22. The van der Waals surface area contributed by atoms with Gasteiger partial charge in [-0.25, -0.2) is 4.68 Å². The molecule has 19 heavy (non-hydrogen) atoms. The van der Waals surface area contributed by atoms with Crippen LogP contribution in [-0.2, 0) is 26.9 Å². The quantitative estimate of drug-likeness (QED) is 0.859. The van der Waals surface area contributed by atoms with Crippen molar-refractivity contribution in [1.82, 2.24) is 19.2 Å². The molecule has 0 radical (unpaired) electrons. The fourth-order valence-corrected chi connectivity index (χ4v) is 3.12. The van der Waals surface area contributed by atoms with Crippen molar-refractivity contribution in [1.29, 1.82) is 0 Å². The van der Waals surface area contributed by atoms with E-state index in [2.05, 4.69) is 10.00 Å². The zero-order chi connectivity index (χ0) is 14.0. The Kier molecular flexibility index (Phi) is 4.75. The number of aromatic nitrogens is 3. The van der Waals surface area contributed by atoms with Crippen LogP contribution in [0.2, 0.25) is 4.34 Å². The van der Waals surface area contributed by atoms with Crippen LogP contribution in [-0.4, -0.2) is 31.4 Å². The fraction of sp³-hybridized carbons (Fsp3) is 0.455. The Morgan fingerprint density at radius 3 is 2.79 bits per heavy atom. The molecular weight excluding hydrogens is 304 g/mol. The maximum absolute atomic E-state index is 9.16. The molecule has 0 saturated carbocycles. The third-order valence-electron chi connectivity index (χ3n) is 2.70. The summed E-state index contributed by atoms with van der Waals surface area (Å²) in [4.78, 5) is 3.28. The molecule has 0 fully saturated rings. The van der Waals surface area contributed by atoms with Gasteiger partial charge in [0.05, 0.1) is 11.0 Å². The predicted octanol–water partition coefficient (Wildman–Crippen LogP) is 2.25. The molecule has 0 aliphatic carbocycles. The first kappa shape index (κ1) is 14.7. The Hall–Kier alpha value is -0.730. The zero-order valence-corrected chi connectivity index (χ0v) is 13.1. The number of rotatable bonds is 5. The lowest BCUT2D eigenvalue weighted by atomic mass is 10.4. The molecule has 0 atom stereocenters. The molecule has 0 amide bonds. The number of hydrogen-bond acceptors (Lipinski definition) is 5. The van der Waals surface area contributed by atoms with Crippen molar-refractivity contribution < 1.29 is 5.11 Å². The average Bonchev–Trinajstić information content (AvgIpc) is 2.88. The highest BCUT2D eigenvalue weighted by Gasteiger charge is 2.09. The van der Waals surface area contributed by atoms with E-state index in [-0.39, 0.29) is 6.61 Å². The molecule has 0 bridgehead atoms. The van der Waals surface area contributed by atoms with Crippen LogP contribution in [0.3, 0.4) is 0 Å². The van der Waals surface area contributed by atoms with Gasteiger partial charge in [0.1, 0.15) is 6.61 Å². The highest BCUT2D eigenvalue weighted by atomic mass is 35.5. The summed E-state index contributed by atoms with van der Waals surface area (Å²) in [5.41, 5.74) is 0. The van der Waals surface area contributed by atoms with Crippen molar-refractivity contribution in [2.75, 3.05) is 7.05 Å². The molecule has 0 aliphatic heterocycles. The monoisotopic (exact) mass is 318 g/mol. The first-order valence-corrected chi connectivity index (χ1v) is 7.28. The maximum atomic E-state index is 9.16. The molecule has 2 rings (SSSR count). The van der Waals surface area contributed by atoms with Gasteiger partial charge in [0, 0.05) is 18.5 Å². The summed E-state index contributed by atoms with van der Waals surface area (Å²) >= 11 is 12.7. The van der Waals surface area contributed by atoms with Crippen LogP contribution >= 0.6 is 35.2 Å². The summed E-state index contributed by atoms with van der Waals surface area (Å²) in [5.74, 6) is 0.567. The molecule has 1 N–H and O–H groups in total. The summed E-state index contributed by atoms with van der Waals surface area (Å²) in [6.45, 7) is 1.24. The van der Waals surface area contributed by atoms with Gasteiger partial charge in [-0.1, -0.05) is 11.6 Å². The van der Waals surface area contributed by atoms with Gasteiger partial charge in [0.25, 0.3) is 0 Å². The Labute approximate surface area is 125 Å². The second kappa shape index (κ2) is 6.15. The highest BCUT2D eigenvalue weighted by molar-refractivity contribution is 7.71. The molecule has 0 aromatic carbocycles. The Morgan fingerprint density at radius 2 is 2.26 bits per heavy atom. The number of thiophene rings is 1. The second-order valence-corrected chi connectivity index (χ2v) is 6.44. The predicted molar refractivity (Wildman–Crippen MR) is 78.8 cm³/mol. The normalized spacial score (nSPS) is 11.4. The molecule has 2 aromatic rings. The molecule has 2 heterocycles. The van der Waals surface area contributed by atoms with E-state index in [1.807, 2.05) is 19.2 Å². The van der Waals surface area contributed by atoms with Crippen LogP contribution in [0.25, 0.3) is 0 Å². The van der Waals surface area contributed by atoms with Crippen LogP contribution in [0.15, 0.2) is 12.1 Å². The average molecular weight is 319 g/mol. The van der Waals surface area contributed by atoms with Gasteiger partial charge in [0.2, 0.25) is 0 Å². The lowest BCUT2D eigenvalue weighted by Gasteiger charge is -2.15. The number of hydrogen-bond donors (Lipinski definition) is 1. The standard InChI is InChI=1S/C11H15ClN4OS2/c1-14(5-8-3-4-9(12)19-8)7-16-11(18)15(2)10(6-17)13-16/h3-4,17H,5-7H2,1-2H3. The van der Waals surface area contributed by atoms with Gasteiger partial charge >= 0.3 is 0 Å². The van der Waals surface area contributed by atoms with Crippen molar-refractivity contribution in [3.63, 3.8) is 0 Å². The summed E-state index contributed by atoms with van der Waals surface area (Å²) in [6.07, 6.45) is 0. The maximum Gasteiger partial charge on any atom is 0.198 e. The van der Waals surface area contributed by atoms with E-state index in [0.29, 0.717) is 17.3 Å². The third kappa shape index (κ3) is 3.43. The van der Waals surface area contributed by atoms with Gasteiger partial charge in [0.15, 0.2) is 10.6 Å². The molecule has 8 heteroatoms. The van der Waals surface area contributed by atoms with E-state index < -0.39 is 0 Å². The molecule has 104 valence electrons. The summed E-state index contributed by atoms with van der Waals surface area (Å²) in [7, 11) is 3.79. The fourth-order valence-electron chi connectivity index (χ4n) is 1.74. The van der Waals surface area contributed by atoms with Crippen molar-refractivity contribution in [2.45, 2.75) is 19.8 Å².